The molecule has 9 heteroatoms. The van der Waals surface area contributed by atoms with Crippen molar-refractivity contribution in [1.29, 1.82) is 0 Å². The molecule has 31 heavy (non-hydrogen) atoms. The third-order valence-electron chi connectivity index (χ3n) is 5.31. The van der Waals surface area contributed by atoms with Crippen LogP contribution in [0.15, 0.2) is 45.7 Å². The van der Waals surface area contributed by atoms with Gasteiger partial charge >= 0.3 is 0 Å². The molecule has 0 unspecified atom stereocenters. The maximum Gasteiger partial charge on any atom is 0.291 e. The fraction of sp³-hybridized carbons (Fsp3) is 0.318. The van der Waals surface area contributed by atoms with Crippen LogP contribution < -0.4 is 10.1 Å². The molecule has 0 aliphatic carbocycles. The second kappa shape index (κ2) is 8.53. The highest BCUT2D eigenvalue weighted by atomic mass is 35.5. The van der Waals surface area contributed by atoms with Gasteiger partial charge in [-0.05, 0) is 51.0 Å². The smallest absolute Gasteiger partial charge is 0.291 e. The van der Waals surface area contributed by atoms with Crippen molar-refractivity contribution < 1.29 is 22.4 Å². The molecule has 4 rings (SSSR count). The summed E-state index contributed by atoms with van der Waals surface area (Å²) in [5, 5.41) is 3.91. The molecule has 1 N–H and O–H groups in total. The SMILES string of the molecule is CCOc1ccc(NC(=O)c2oc3c(Cl)cccc3c2C)cc1S(=O)(=O)N1CCCC1. The average Bonchev–Trinajstić information content (AvgIpc) is 3.39. The number of benzene rings is 2. The number of sulfonamides is 1. The maximum atomic E-state index is 13.1. The quantitative estimate of drug-likeness (QED) is 0.566. The Labute approximate surface area is 186 Å². The number of furan rings is 1. The van der Waals surface area contributed by atoms with Crippen LogP contribution in [0.5, 0.6) is 5.75 Å². The van der Waals surface area contributed by atoms with Crippen LogP contribution in [0.2, 0.25) is 5.02 Å². The fourth-order valence-corrected chi connectivity index (χ4v) is 5.63. The molecular formula is C22H23ClN2O5S. The number of halogens is 1. The Morgan fingerprint density at radius 1 is 1.23 bits per heavy atom. The number of hydrogen-bond donors (Lipinski definition) is 1. The first-order valence-corrected chi connectivity index (χ1v) is 11.9. The van der Waals surface area contributed by atoms with Gasteiger partial charge < -0.3 is 14.5 Å². The average molecular weight is 463 g/mol. The van der Waals surface area contributed by atoms with E-state index >= 15 is 0 Å². The van der Waals surface area contributed by atoms with Gasteiger partial charge in [-0.2, -0.15) is 4.31 Å². The minimum Gasteiger partial charge on any atom is -0.492 e. The van der Waals surface area contributed by atoms with Gasteiger partial charge in [0.2, 0.25) is 10.0 Å². The molecule has 2 heterocycles. The van der Waals surface area contributed by atoms with Gasteiger partial charge in [-0.3, -0.25) is 4.79 Å². The van der Waals surface area contributed by atoms with Crippen LogP contribution in [0.25, 0.3) is 11.0 Å². The molecule has 1 aliphatic rings. The lowest BCUT2D eigenvalue weighted by Crippen LogP contribution is -2.28. The van der Waals surface area contributed by atoms with Crippen molar-refractivity contribution in [2.75, 3.05) is 25.0 Å². The maximum absolute atomic E-state index is 13.1. The van der Waals surface area contributed by atoms with Gasteiger partial charge in [0.25, 0.3) is 5.91 Å². The van der Waals surface area contributed by atoms with Crippen LogP contribution in [0.3, 0.4) is 0 Å². The zero-order valence-corrected chi connectivity index (χ0v) is 18.8. The highest BCUT2D eigenvalue weighted by molar-refractivity contribution is 7.89. The van der Waals surface area contributed by atoms with Crippen LogP contribution in [-0.4, -0.2) is 38.3 Å². The van der Waals surface area contributed by atoms with E-state index in [0.717, 1.165) is 18.2 Å². The van der Waals surface area contributed by atoms with Crippen molar-refractivity contribution in [2.24, 2.45) is 0 Å². The Morgan fingerprint density at radius 3 is 2.65 bits per heavy atom. The van der Waals surface area contributed by atoms with E-state index in [-0.39, 0.29) is 16.4 Å². The molecule has 1 aliphatic heterocycles. The molecule has 0 spiro atoms. The molecule has 1 aromatic heterocycles. The van der Waals surface area contributed by atoms with Crippen molar-refractivity contribution in [2.45, 2.75) is 31.6 Å². The Hall–Kier alpha value is -2.55. The molecule has 0 saturated carbocycles. The summed E-state index contributed by atoms with van der Waals surface area (Å²) in [5.74, 6) is -0.0986. The molecule has 0 bridgehead atoms. The summed E-state index contributed by atoms with van der Waals surface area (Å²) < 4.78 is 39.0. The predicted octanol–water partition coefficient (Wildman–Crippen LogP) is 4.83. The number of carbonyl (C=O) groups excluding carboxylic acids is 1. The number of amides is 1. The predicted molar refractivity (Wildman–Crippen MR) is 120 cm³/mol. The number of para-hydroxylation sites is 1. The molecule has 0 radical (unpaired) electrons. The highest BCUT2D eigenvalue weighted by Crippen LogP contribution is 2.33. The first-order valence-electron chi connectivity index (χ1n) is 10.1. The Bertz CT molecular complexity index is 1250. The van der Waals surface area contributed by atoms with Crippen LogP contribution >= 0.6 is 11.6 Å². The number of carbonyl (C=O) groups is 1. The second-order valence-electron chi connectivity index (χ2n) is 7.33. The lowest BCUT2D eigenvalue weighted by Gasteiger charge is -2.19. The molecule has 0 atom stereocenters. The molecule has 2 aromatic carbocycles. The Kier molecular flexibility index (Phi) is 5.96. The number of rotatable bonds is 6. The van der Waals surface area contributed by atoms with Crippen LogP contribution in [-0.2, 0) is 10.0 Å². The number of ether oxygens (including phenoxy) is 1. The first kappa shape index (κ1) is 21.7. The number of hydrogen-bond acceptors (Lipinski definition) is 5. The topological polar surface area (TPSA) is 88.8 Å². The minimum atomic E-state index is -3.73. The van der Waals surface area contributed by atoms with E-state index in [1.807, 2.05) is 6.07 Å². The van der Waals surface area contributed by atoms with E-state index in [9.17, 15) is 13.2 Å². The van der Waals surface area contributed by atoms with E-state index in [1.165, 1.54) is 10.4 Å². The normalized spacial score (nSPS) is 14.8. The van der Waals surface area contributed by atoms with Crippen LogP contribution in [0.1, 0.15) is 35.9 Å². The largest absolute Gasteiger partial charge is 0.492 e. The van der Waals surface area contributed by atoms with Crippen LogP contribution in [0, 0.1) is 6.92 Å². The third-order valence-corrected chi connectivity index (χ3v) is 7.52. The second-order valence-corrected chi connectivity index (χ2v) is 9.65. The van der Waals surface area contributed by atoms with E-state index < -0.39 is 15.9 Å². The zero-order valence-electron chi connectivity index (χ0n) is 17.3. The number of nitrogens with one attached hydrogen (secondary N) is 1. The summed E-state index contributed by atoms with van der Waals surface area (Å²) in [4.78, 5) is 12.9. The van der Waals surface area contributed by atoms with Crippen molar-refractivity contribution in [3.8, 4) is 5.75 Å². The summed E-state index contributed by atoms with van der Waals surface area (Å²) in [7, 11) is -3.73. The monoisotopic (exact) mass is 462 g/mol. The summed E-state index contributed by atoms with van der Waals surface area (Å²) in [6.07, 6.45) is 1.65. The summed E-state index contributed by atoms with van der Waals surface area (Å²) >= 11 is 6.18. The lowest BCUT2D eigenvalue weighted by molar-refractivity contribution is 0.0998. The highest BCUT2D eigenvalue weighted by Gasteiger charge is 2.30. The van der Waals surface area contributed by atoms with E-state index in [4.69, 9.17) is 20.8 Å². The van der Waals surface area contributed by atoms with Crippen molar-refractivity contribution >= 4 is 44.2 Å². The first-order chi connectivity index (χ1) is 14.8. The van der Waals surface area contributed by atoms with E-state index in [0.29, 0.717) is 41.6 Å². The molecule has 1 saturated heterocycles. The van der Waals surface area contributed by atoms with Gasteiger partial charge in [0.05, 0.1) is 11.6 Å². The molecular weight excluding hydrogens is 440 g/mol. The molecule has 1 amide bonds. The number of aryl methyl sites for hydroxylation is 1. The van der Waals surface area contributed by atoms with Gasteiger partial charge in [-0.15, -0.1) is 0 Å². The van der Waals surface area contributed by atoms with Gasteiger partial charge in [0.15, 0.2) is 11.3 Å². The van der Waals surface area contributed by atoms with Gasteiger partial charge in [0.1, 0.15) is 10.6 Å². The Morgan fingerprint density at radius 2 is 1.97 bits per heavy atom. The number of anilines is 1. The fourth-order valence-electron chi connectivity index (χ4n) is 3.74. The van der Waals surface area contributed by atoms with Gasteiger partial charge in [-0.1, -0.05) is 23.7 Å². The van der Waals surface area contributed by atoms with E-state index in [1.54, 1.807) is 38.1 Å². The number of fused-ring (bicyclic) bond motifs is 1. The van der Waals surface area contributed by atoms with E-state index in [2.05, 4.69) is 5.32 Å². The van der Waals surface area contributed by atoms with Crippen LogP contribution in [0.4, 0.5) is 5.69 Å². The zero-order chi connectivity index (χ0) is 22.2. The molecule has 1 fully saturated rings. The van der Waals surface area contributed by atoms with Crippen molar-refractivity contribution in [3.05, 3.63) is 52.7 Å². The van der Waals surface area contributed by atoms with Gasteiger partial charge in [-0.25, -0.2) is 8.42 Å². The summed E-state index contributed by atoms with van der Waals surface area (Å²) in [5.41, 5.74) is 1.43. The molecule has 164 valence electrons. The molecule has 3 aromatic rings. The van der Waals surface area contributed by atoms with Crippen molar-refractivity contribution in [1.82, 2.24) is 4.31 Å². The Balaban J connectivity index is 1.68. The minimum absolute atomic E-state index is 0.0402. The lowest BCUT2D eigenvalue weighted by atomic mass is 10.1. The standard InChI is InChI=1S/C22H23ClN2O5S/c1-3-29-18-10-9-15(13-19(18)31(27,28)25-11-4-5-12-25)24-22(26)20-14(2)16-7-6-8-17(23)21(16)30-20/h6-10,13H,3-5,11-12H2,1-2H3,(H,24,26). The molecule has 7 nitrogen and oxygen atoms in total. The van der Waals surface area contributed by atoms with Gasteiger partial charge in [0, 0.05) is 29.7 Å². The summed E-state index contributed by atoms with van der Waals surface area (Å²) in [6, 6.07) is 9.91. The third kappa shape index (κ3) is 4.03. The number of nitrogens with zero attached hydrogens (tertiary/aromatic N) is 1. The van der Waals surface area contributed by atoms with Crippen molar-refractivity contribution in [3.63, 3.8) is 0 Å². The summed E-state index contributed by atoms with van der Waals surface area (Å²) in [6.45, 7) is 4.84.